The number of amides is 1. The molecule has 1 N–H and O–H groups in total. The normalized spacial score (nSPS) is 26.7. The Bertz CT molecular complexity index is 1060. The molecule has 9 heteroatoms. The Morgan fingerprint density at radius 2 is 1.74 bits per heavy atom. The van der Waals surface area contributed by atoms with E-state index in [-0.39, 0.29) is 23.8 Å². The van der Waals surface area contributed by atoms with Crippen molar-refractivity contribution in [2.75, 3.05) is 0 Å². The first-order valence-corrected chi connectivity index (χ1v) is 9.89. The first kappa shape index (κ1) is 20.0. The van der Waals surface area contributed by atoms with Crippen LogP contribution >= 0.6 is 0 Å². The molecule has 1 fully saturated rings. The van der Waals surface area contributed by atoms with Crippen LogP contribution in [0.25, 0.3) is 0 Å². The molecule has 1 saturated carbocycles. The van der Waals surface area contributed by atoms with Gasteiger partial charge < -0.3 is 19.5 Å². The van der Waals surface area contributed by atoms with Crippen molar-refractivity contribution >= 4 is 5.91 Å². The zero-order chi connectivity index (χ0) is 22.0. The van der Waals surface area contributed by atoms with Crippen LogP contribution in [0, 0.1) is 0 Å². The smallest absolute Gasteiger partial charge is 0.481 e. The number of carbonyl (C=O) groups excluding carboxylic acids is 1. The molecular weight excluding hydrogens is 418 g/mol. The number of nitrogens with one attached hydrogen (secondary N) is 1. The van der Waals surface area contributed by atoms with E-state index in [1.807, 2.05) is 0 Å². The van der Waals surface area contributed by atoms with Gasteiger partial charge in [0.05, 0.1) is 11.5 Å². The minimum Gasteiger partial charge on any atom is -0.481 e. The van der Waals surface area contributed by atoms with Gasteiger partial charge in [-0.3, -0.25) is 4.79 Å². The molecule has 31 heavy (non-hydrogen) atoms. The third-order valence-corrected chi connectivity index (χ3v) is 6.15. The summed E-state index contributed by atoms with van der Waals surface area (Å²) in [6.07, 6.45) is -5.58. The van der Waals surface area contributed by atoms with Crippen LogP contribution in [0.1, 0.15) is 43.4 Å². The highest BCUT2D eigenvalue weighted by atomic mass is 19.3. The molecule has 0 aromatic heterocycles. The summed E-state index contributed by atoms with van der Waals surface area (Å²) < 4.78 is 68.5. The van der Waals surface area contributed by atoms with E-state index >= 15 is 0 Å². The van der Waals surface area contributed by atoms with Gasteiger partial charge >= 0.3 is 6.29 Å². The highest BCUT2D eigenvalue weighted by molar-refractivity contribution is 5.92. The molecule has 2 aromatic rings. The fraction of sp³-hybridized carbons (Fsp3) is 0.409. The Morgan fingerprint density at radius 1 is 1.03 bits per heavy atom. The van der Waals surface area contributed by atoms with Gasteiger partial charge in [0.25, 0.3) is 6.43 Å². The van der Waals surface area contributed by atoms with Gasteiger partial charge in [-0.05, 0) is 43.5 Å². The summed E-state index contributed by atoms with van der Waals surface area (Å²) >= 11 is 0. The van der Waals surface area contributed by atoms with Crippen molar-refractivity contribution in [2.24, 2.45) is 0 Å². The summed E-state index contributed by atoms with van der Waals surface area (Å²) in [6.45, 7) is 1.32. The van der Waals surface area contributed by atoms with Crippen molar-refractivity contribution < 1.29 is 36.6 Å². The maximum atomic E-state index is 13.7. The fourth-order valence-electron chi connectivity index (χ4n) is 4.25. The molecule has 0 bridgehead atoms. The van der Waals surface area contributed by atoms with Gasteiger partial charge in [0.1, 0.15) is 5.75 Å². The largest absolute Gasteiger partial charge is 0.586 e. The number of para-hydroxylation sites is 1. The second-order valence-electron chi connectivity index (χ2n) is 8.39. The Morgan fingerprint density at radius 3 is 2.45 bits per heavy atom. The summed E-state index contributed by atoms with van der Waals surface area (Å²) in [4.78, 5) is 13.3. The fourth-order valence-corrected chi connectivity index (χ4v) is 4.25. The Labute approximate surface area is 175 Å². The lowest BCUT2D eigenvalue weighted by atomic mass is 9.87. The summed E-state index contributed by atoms with van der Waals surface area (Å²) in [5.41, 5.74) is -1.53. The molecule has 164 valence electrons. The summed E-state index contributed by atoms with van der Waals surface area (Å²) in [5.74, 6) is -0.285. The molecule has 2 atom stereocenters. The van der Waals surface area contributed by atoms with E-state index in [1.54, 1.807) is 30.3 Å². The second-order valence-corrected chi connectivity index (χ2v) is 8.39. The molecule has 2 aliphatic heterocycles. The van der Waals surface area contributed by atoms with E-state index < -0.39 is 29.8 Å². The van der Waals surface area contributed by atoms with Crippen LogP contribution < -0.4 is 19.5 Å². The van der Waals surface area contributed by atoms with Gasteiger partial charge in [0.2, 0.25) is 5.91 Å². The van der Waals surface area contributed by atoms with Crippen molar-refractivity contribution in [3.8, 4) is 17.2 Å². The number of hydrogen-bond donors (Lipinski definition) is 1. The predicted molar refractivity (Wildman–Crippen MR) is 101 cm³/mol. The molecule has 5 rings (SSSR count). The number of halogens is 4. The standard InChI is InChI=1S/C22H19F4NO4/c1-20(18(23)24)11-14(13-4-2-3-5-15(13)29-20)27-19(28)21(8-9-21)12-6-7-16-17(10-12)31-22(25,26)30-16/h2-7,10,14,18H,8-9,11H2,1H3,(H,27,28)/t14-,20-/m1/s1. The first-order chi connectivity index (χ1) is 14.6. The number of ether oxygens (including phenoxy) is 3. The molecule has 0 radical (unpaired) electrons. The van der Waals surface area contributed by atoms with E-state index in [4.69, 9.17) is 4.74 Å². The van der Waals surface area contributed by atoms with E-state index in [1.165, 1.54) is 19.1 Å². The number of rotatable bonds is 4. The molecule has 1 aliphatic carbocycles. The van der Waals surface area contributed by atoms with Crippen LogP contribution in [0.5, 0.6) is 17.2 Å². The number of hydrogen-bond acceptors (Lipinski definition) is 4. The maximum Gasteiger partial charge on any atom is 0.586 e. The third-order valence-electron chi connectivity index (χ3n) is 6.15. The number of benzene rings is 2. The molecular formula is C22H19F4NO4. The van der Waals surface area contributed by atoms with E-state index in [2.05, 4.69) is 14.8 Å². The maximum absolute atomic E-state index is 13.7. The molecule has 2 aromatic carbocycles. The van der Waals surface area contributed by atoms with Gasteiger partial charge in [-0.1, -0.05) is 24.3 Å². The van der Waals surface area contributed by atoms with Crippen LogP contribution in [-0.4, -0.2) is 24.2 Å². The van der Waals surface area contributed by atoms with Crippen molar-refractivity contribution in [2.45, 2.75) is 56.0 Å². The second kappa shape index (κ2) is 6.51. The first-order valence-electron chi connectivity index (χ1n) is 9.89. The van der Waals surface area contributed by atoms with Crippen LogP contribution in [0.4, 0.5) is 17.6 Å². The van der Waals surface area contributed by atoms with Crippen molar-refractivity contribution in [3.05, 3.63) is 53.6 Å². The summed E-state index contributed by atoms with van der Waals surface area (Å²) in [5, 5.41) is 2.90. The average Bonchev–Trinajstić information content (AvgIpc) is 3.45. The highest BCUT2D eigenvalue weighted by Crippen LogP contribution is 2.52. The van der Waals surface area contributed by atoms with Crippen LogP contribution in [0.15, 0.2) is 42.5 Å². The average molecular weight is 437 g/mol. The van der Waals surface area contributed by atoms with Crippen molar-refractivity contribution in [1.29, 1.82) is 0 Å². The van der Waals surface area contributed by atoms with Crippen molar-refractivity contribution in [1.82, 2.24) is 5.32 Å². The number of carbonyl (C=O) groups is 1. The Hall–Kier alpha value is -2.97. The van der Waals surface area contributed by atoms with Crippen LogP contribution in [-0.2, 0) is 10.2 Å². The van der Waals surface area contributed by atoms with Crippen LogP contribution in [0.3, 0.4) is 0 Å². The minimum atomic E-state index is -3.74. The predicted octanol–water partition coefficient (Wildman–Crippen LogP) is 4.70. The molecule has 0 saturated heterocycles. The topological polar surface area (TPSA) is 56.8 Å². The quantitative estimate of drug-likeness (QED) is 0.705. The van der Waals surface area contributed by atoms with Crippen molar-refractivity contribution in [3.63, 3.8) is 0 Å². The van der Waals surface area contributed by atoms with Gasteiger partial charge in [0, 0.05) is 12.0 Å². The zero-order valence-corrected chi connectivity index (χ0v) is 16.5. The number of fused-ring (bicyclic) bond motifs is 2. The summed E-state index contributed by atoms with van der Waals surface area (Å²) in [6, 6.07) is 10.4. The Kier molecular flexibility index (Phi) is 4.19. The summed E-state index contributed by atoms with van der Waals surface area (Å²) in [7, 11) is 0. The van der Waals surface area contributed by atoms with Gasteiger partial charge in [-0.25, -0.2) is 8.78 Å². The lowest BCUT2D eigenvalue weighted by Crippen LogP contribution is -2.49. The number of alkyl halides is 4. The lowest BCUT2D eigenvalue weighted by molar-refractivity contribution is -0.286. The van der Waals surface area contributed by atoms with E-state index in [0.29, 0.717) is 29.7 Å². The van der Waals surface area contributed by atoms with Gasteiger partial charge in [0.15, 0.2) is 17.1 Å². The molecule has 3 aliphatic rings. The van der Waals surface area contributed by atoms with E-state index in [0.717, 1.165) is 0 Å². The minimum absolute atomic E-state index is 0.100. The van der Waals surface area contributed by atoms with Gasteiger partial charge in [-0.15, -0.1) is 8.78 Å². The molecule has 1 amide bonds. The van der Waals surface area contributed by atoms with E-state index in [9.17, 15) is 22.4 Å². The molecule has 0 unspecified atom stereocenters. The van der Waals surface area contributed by atoms with Gasteiger partial charge in [-0.2, -0.15) is 0 Å². The highest BCUT2D eigenvalue weighted by Gasteiger charge is 2.54. The molecule has 2 heterocycles. The third kappa shape index (κ3) is 3.26. The Balaban J connectivity index is 1.42. The monoisotopic (exact) mass is 437 g/mol. The zero-order valence-electron chi connectivity index (χ0n) is 16.5. The molecule has 5 nitrogen and oxygen atoms in total. The lowest BCUT2D eigenvalue weighted by Gasteiger charge is -2.40. The SMILES string of the molecule is C[C@]1(C(F)F)C[C@@H](NC(=O)C2(c3ccc4c(c3)OC(F)(F)O4)CC2)c2ccccc2O1. The molecule has 0 spiro atoms. The van der Waals surface area contributed by atoms with Crippen LogP contribution in [0.2, 0.25) is 0 Å².